The molecule has 0 N–H and O–H groups in total. The van der Waals surface area contributed by atoms with Crippen molar-refractivity contribution in [3.63, 3.8) is 0 Å². The molecule has 37 heavy (non-hydrogen) atoms. The molecule has 1 aromatic heterocycles. The van der Waals surface area contributed by atoms with Crippen LogP contribution in [-0.2, 0) is 23.8 Å². The number of rotatable bonds is 4. The van der Waals surface area contributed by atoms with Crippen LogP contribution in [0, 0.1) is 0 Å². The van der Waals surface area contributed by atoms with Gasteiger partial charge in [0, 0.05) is 25.0 Å². The summed E-state index contributed by atoms with van der Waals surface area (Å²) in [7, 11) is 0. The smallest absolute Gasteiger partial charge is 0.416 e. The van der Waals surface area contributed by atoms with Crippen molar-refractivity contribution in [1.29, 1.82) is 0 Å². The zero-order valence-electron chi connectivity index (χ0n) is 21.4. The highest BCUT2D eigenvalue weighted by Crippen LogP contribution is 2.40. The fourth-order valence-corrected chi connectivity index (χ4v) is 4.06. The van der Waals surface area contributed by atoms with Crippen LogP contribution in [0.4, 0.5) is 10.6 Å². The molecule has 192 valence electrons. The average Bonchev–Trinajstić information content (AvgIpc) is 2.84. The minimum absolute atomic E-state index is 0.132. The second kappa shape index (κ2) is 10.4. The van der Waals surface area contributed by atoms with Crippen LogP contribution < -0.4 is 4.90 Å². The van der Waals surface area contributed by atoms with Crippen LogP contribution in [0.25, 0.3) is 22.5 Å². The number of nitrogens with zero attached hydrogens (tertiary/aromatic N) is 3. The molecule has 0 fully saturated rings. The van der Waals surface area contributed by atoms with Crippen molar-refractivity contribution in [2.75, 3.05) is 11.4 Å². The van der Waals surface area contributed by atoms with E-state index in [4.69, 9.17) is 24.2 Å². The molecule has 0 radical (unpaired) electrons. The summed E-state index contributed by atoms with van der Waals surface area (Å²) >= 11 is 0. The lowest BCUT2D eigenvalue weighted by Crippen LogP contribution is -2.49. The first-order valence-corrected chi connectivity index (χ1v) is 11.9. The van der Waals surface area contributed by atoms with Crippen LogP contribution in [-0.4, -0.2) is 46.2 Å². The molecule has 3 aromatic rings. The number of aromatic nitrogens is 2. The lowest BCUT2D eigenvalue weighted by atomic mass is 10.00. The fourth-order valence-electron chi connectivity index (χ4n) is 4.06. The van der Waals surface area contributed by atoms with E-state index in [-0.39, 0.29) is 18.1 Å². The van der Waals surface area contributed by atoms with Gasteiger partial charge in [-0.2, -0.15) is 0 Å². The molecule has 2 heterocycles. The topological polar surface area (TPSA) is 108 Å². The van der Waals surface area contributed by atoms with Crippen molar-refractivity contribution in [2.45, 2.75) is 52.4 Å². The Labute approximate surface area is 215 Å². The van der Waals surface area contributed by atoms with Crippen molar-refractivity contribution in [1.82, 2.24) is 9.97 Å². The van der Waals surface area contributed by atoms with Gasteiger partial charge in [0.1, 0.15) is 11.3 Å². The summed E-state index contributed by atoms with van der Waals surface area (Å²) in [6.07, 6.45) is -2.77. The van der Waals surface area contributed by atoms with E-state index in [2.05, 4.69) is 0 Å². The predicted molar refractivity (Wildman–Crippen MR) is 137 cm³/mol. The maximum Gasteiger partial charge on any atom is 0.416 e. The van der Waals surface area contributed by atoms with E-state index in [1.54, 1.807) is 20.8 Å². The molecule has 1 aliphatic rings. The lowest BCUT2D eigenvalue weighted by molar-refractivity contribution is -0.166. The number of carbonyl (C=O) groups excluding carboxylic acids is 3. The van der Waals surface area contributed by atoms with E-state index in [1.165, 1.54) is 18.7 Å². The first-order valence-electron chi connectivity index (χ1n) is 11.9. The van der Waals surface area contributed by atoms with Gasteiger partial charge in [-0.25, -0.2) is 14.8 Å². The van der Waals surface area contributed by atoms with Crippen molar-refractivity contribution >= 4 is 23.8 Å². The third-order valence-corrected chi connectivity index (χ3v) is 5.45. The third kappa shape index (κ3) is 5.94. The fraction of sp³-hybridized carbons (Fsp3) is 0.321. The van der Waals surface area contributed by atoms with Crippen molar-refractivity contribution < 1.29 is 28.6 Å². The molecule has 2 aromatic carbocycles. The number of benzene rings is 2. The summed E-state index contributed by atoms with van der Waals surface area (Å²) in [5.41, 5.74) is 2.02. The molecule has 9 nitrogen and oxygen atoms in total. The summed E-state index contributed by atoms with van der Waals surface area (Å²) in [5, 5.41) is 0. The standard InChI is InChI=1S/C28H29N3O6/c1-17(32)35-21-16-31(27(34)37-28(3,4)5)26-24(25(21)36-18(2)33)29-22(19-12-8-6-9-13-19)23(30-26)20-14-10-7-11-15-20/h6-15,21,25H,16H2,1-5H3. The Balaban J connectivity index is 1.99. The molecule has 2 unspecified atom stereocenters. The highest BCUT2D eigenvalue weighted by Gasteiger charge is 2.44. The highest BCUT2D eigenvalue weighted by atomic mass is 16.6. The van der Waals surface area contributed by atoms with E-state index in [0.717, 1.165) is 11.1 Å². The van der Waals surface area contributed by atoms with Gasteiger partial charge in [-0.15, -0.1) is 0 Å². The number of fused-ring (bicyclic) bond motifs is 1. The first kappa shape index (κ1) is 25.8. The molecule has 0 bridgehead atoms. The largest absolute Gasteiger partial charge is 0.456 e. The number of esters is 2. The number of amides is 1. The third-order valence-electron chi connectivity index (χ3n) is 5.45. The minimum atomic E-state index is -1.07. The minimum Gasteiger partial charge on any atom is -0.456 e. The lowest BCUT2D eigenvalue weighted by Gasteiger charge is -2.38. The molecule has 1 amide bonds. The number of anilines is 1. The average molecular weight is 504 g/mol. The molecule has 2 atom stereocenters. The van der Waals surface area contributed by atoms with E-state index in [1.807, 2.05) is 60.7 Å². The van der Waals surface area contributed by atoms with Crippen LogP contribution in [0.5, 0.6) is 0 Å². The number of carbonyl (C=O) groups is 3. The molecule has 0 saturated heterocycles. The molecule has 1 aliphatic heterocycles. The Morgan fingerprint density at radius 3 is 1.81 bits per heavy atom. The summed E-state index contributed by atoms with van der Waals surface area (Å²) < 4.78 is 16.7. The molecule has 0 aliphatic carbocycles. The Bertz CT molecular complexity index is 1300. The Kier molecular flexibility index (Phi) is 7.24. The monoisotopic (exact) mass is 503 g/mol. The van der Waals surface area contributed by atoms with Gasteiger partial charge < -0.3 is 14.2 Å². The van der Waals surface area contributed by atoms with Crippen molar-refractivity contribution in [3.05, 3.63) is 66.4 Å². The quantitative estimate of drug-likeness (QED) is 0.357. The number of ether oxygens (including phenoxy) is 3. The van der Waals surface area contributed by atoms with Gasteiger partial charge in [0.25, 0.3) is 0 Å². The van der Waals surface area contributed by atoms with Crippen molar-refractivity contribution in [2.24, 2.45) is 0 Å². The Morgan fingerprint density at radius 2 is 1.32 bits per heavy atom. The maximum atomic E-state index is 13.3. The van der Waals surface area contributed by atoms with Gasteiger partial charge in [0.15, 0.2) is 18.0 Å². The molecule has 0 saturated carbocycles. The normalized spacial score (nSPS) is 16.9. The zero-order chi connectivity index (χ0) is 26.7. The van der Waals surface area contributed by atoms with E-state index < -0.39 is 35.8 Å². The molecular weight excluding hydrogens is 474 g/mol. The van der Waals surface area contributed by atoms with Crippen LogP contribution in [0.2, 0.25) is 0 Å². The van der Waals surface area contributed by atoms with Gasteiger partial charge in [-0.3, -0.25) is 14.5 Å². The predicted octanol–water partition coefficient (Wildman–Crippen LogP) is 5.10. The second-order valence-corrected chi connectivity index (χ2v) is 9.63. The number of hydrogen-bond donors (Lipinski definition) is 0. The zero-order valence-corrected chi connectivity index (χ0v) is 21.4. The van der Waals surface area contributed by atoms with E-state index >= 15 is 0 Å². The van der Waals surface area contributed by atoms with Gasteiger partial charge in [0.2, 0.25) is 0 Å². The van der Waals surface area contributed by atoms with Gasteiger partial charge in [-0.1, -0.05) is 60.7 Å². The van der Waals surface area contributed by atoms with Crippen LogP contribution in [0.15, 0.2) is 60.7 Å². The van der Waals surface area contributed by atoms with Crippen LogP contribution in [0.3, 0.4) is 0 Å². The van der Waals surface area contributed by atoms with E-state index in [0.29, 0.717) is 11.4 Å². The first-order chi connectivity index (χ1) is 17.5. The molecule has 9 heteroatoms. The summed E-state index contributed by atoms with van der Waals surface area (Å²) in [6.45, 7) is 7.63. The van der Waals surface area contributed by atoms with E-state index in [9.17, 15) is 14.4 Å². The SMILES string of the molecule is CC(=O)OC1CN(C(=O)OC(C)(C)C)c2nc(-c3ccccc3)c(-c3ccccc3)nc2C1OC(C)=O. The molecule has 0 spiro atoms. The number of hydrogen-bond acceptors (Lipinski definition) is 8. The van der Waals surface area contributed by atoms with Gasteiger partial charge >= 0.3 is 18.0 Å². The van der Waals surface area contributed by atoms with Crippen LogP contribution in [0.1, 0.15) is 46.4 Å². The summed E-state index contributed by atoms with van der Waals surface area (Å²) in [6, 6.07) is 18.9. The molecular formula is C28H29N3O6. The summed E-state index contributed by atoms with van der Waals surface area (Å²) in [4.78, 5) is 48.4. The second-order valence-electron chi connectivity index (χ2n) is 9.63. The maximum absolute atomic E-state index is 13.3. The van der Waals surface area contributed by atoms with Crippen LogP contribution >= 0.6 is 0 Å². The Hall–Kier alpha value is -4.27. The van der Waals surface area contributed by atoms with Crippen molar-refractivity contribution in [3.8, 4) is 22.5 Å². The summed E-state index contributed by atoms with van der Waals surface area (Å²) in [5.74, 6) is -1.01. The van der Waals surface area contributed by atoms with Gasteiger partial charge in [-0.05, 0) is 20.8 Å². The highest BCUT2D eigenvalue weighted by molar-refractivity contribution is 5.90. The Morgan fingerprint density at radius 1 is 0.811 bits per heavy atom. The van der Waals surface area contributed by atoms with Gasteiger partial charge in [0.05, 0.1) is 17.9 Å². The molecule has 4 rings (SSSR count).